The first-order valence-corrected chi connectivity index (χ1v) is 16.7. The molecule has 240 valence electrons. The number of hydrogen-bond donors (Lipinski definition) is 3. The van der Waals surface area contributed by atoms with E-state index in [-0.39, 0.29) is 41.5 Å². The predicted octanol–water partition coefficient (Wildman–Crippen LogP) is 5.23. The van der Waals surface area contributed by atoms with Gasteiger partial charge in [0.25, 0.3) is 5.91 Å². The van der Waals surface area contributed by atoms with Crippen LogP contribution in [0.5, 0.6) is 0 Å². The van der Waals surface area contributed by atoms with Crippen LogP contribution in [0.15, 0.2) is 41.2 Å². The van der Waals surface area contributed by atoms with Crippen LogP contribution in [0.4, 0.5) is 11.4 Å². The number of hydrogen-bond acceptors (Lipinski definition) is 10. The topological polar surface area (TPSA) is 161 Å². The van der Waals surface area contributed by atoms with Crippen LogP contribution in [-0.2, 0) is 19.1 Å². The quantitative estimate of drug-likeness (QED) is 0.177. The Balaban J connectivity index is 1.65. The molecule has 1 saturated carbocycles. The van der Waals surface area contributed by atoms with Gasteiger partial charge in [-0.25, -0.2) is 14.6 Å². The van der Waals surface area contributed by atoms with Gasteiger partial charge in [-0.1, -0.05) is 19.1 Å². The van der Waals surface area contributed by atoms with Crippen LogP contribution in [0.1, 0.15) is 79.5 Å². The van der Waals surface area contributed by atoms with Crippen molar-refractivity contribution in [2.24, 2.45) is 17.6 Å². The minimum Gasteiger partial charge on any atom is -0.388 e. The molecule has 4 N–H and O–H groups in total. The molecule has 3 aromatic rings. The van der Waals surface area contributed by atoms with Gasteiger partial charge in [0, 0.05) is 34.3 Å². The number of nitrogens with zero attached hydrogens (tertiary/aromatic N) is 2. The van der Waals surface area contributed by atoms with E-state index in [1.54, 1.807) is 46.1 Å². The number of anilines is 2. The van der Waals surface area contributed by atoms with Crippen LogP contribution < -0.4 is 21.3 Å². The zero-order chi connectivity index (χ0) is 32.7. The van der Waals surface area contributed by atoms with Crippen molar-refractivity contribution in [2.45, 2.75) is 71.4 Å². The SMILES string of the molecule is CN[C@H](CCC(N)=O)C(=O)OC(=O)c1sc(-c2ccc(NC(=O)c3cscn3)cc2)cc1N(C(=O)C1CCC(C)CC1)C(C)C. The molecule has 11 nitrogen and oxygen atoms in total. The van der Waals surface area contributed by atoms with Crippen LogP contribution in [0, 0.1) is 11.8 Å². The predicted molar refractivity (Wildman–Crippen MR) is 175 cm³/mol. The van der Waals surface area contributed by atoms with Crippen molar-refractivity contribution >= 4 is 63.7 Å². The fourth-order valence-electron chi connectivity index (χ4n) is 5.32. The zero-order valence-corrected chi connectivity index (χ0v) is 27.5. The summed E-state index contributed by atoms with van der Waals surface area (Å²) >= 11 is 2.45. The van der Waals surface area contributed by atoms with Gasteiger partial charge in [0.1, 0.15) is 16.6 Å². The Morgan fingerprint density at radius 3 is 2.36 bits per heavy atom. The molecule has 13 heteroatoms. The number of nitrogens with two attached hydrogens (primary N) is 1. The fraction of sp³-hybridized carbons (Fsp3) is 0.438. The summed E-state index contributed by atoms with van der Waals surface area (Å²) in [4.78, 5) is 70.6. The van der Waals surface area contributed by atoms with Crippen molar-refractivity contribution in [3.63, 3.8) is 0 Å². The van der Waals surface area contributed by atoms with Gasteiger partial charge >= 0.3 is 11.9 Å². The number of rotatable bonds is 12. The maximum absolute atomic E-state index is 14.0. The Morgan fingerprint density at radius 1 is 1.09 bits per heavy atom. The summed E-state index contributed by atoms with van der Waals surface area (Å²) in [5, 5.41) is 7.23. The molecule has 2 aromatic heterocycles. The van der Waals surface area contributed by atoms with Crippen molar-refractivity contribution in [3.05, 3.63) is 51.8 Å². The van der Waals surface area contributed by atoms with Crippen LogP contribution >= 0.6 is 22.7 Å². The molecule has 0 unspecified atom stereocenters. The summed E-state index contributed by atoms with van der Waals surface area (Å²) in [5.74, 6) is -2.28. The number of carbonyl (C=O) groups is 5. The minimum atomic E-state index is -0.913. The lowest BCUT2D eigenvalue weighted by Crippen LogP contribution is -2.43. The lowest BCUT2D eigenvalue weighted by Gasteiger charge is -2.33. The highest BCUT2D eigenvalue weighted by molar-refractivity contribution is 7.18. The van der Waals surface area contributed by atoms with Gasteiger partial charge in [-0.15, -0.1) is 22.7 Å². The first-order valence-electron chi connectivity index (χ1n) is 15.0. The third-order valence-electron chi connectivity index (χ3n) is 7.87. The maximum atomic E-state index is 14.0. The molecule has 1 aromatic carbocycles. The summed E-state index contributed by atoms with van der Waals surface area (Å²) in [6.07, 6.45) is 3.49. The number of thiazole rings is 1. The lowest BCUT2D eigenvalue weighted by atomic mass is 9.82. The number of thiophene rings is 1. The number of likely N-dealkylation sites (N-methyl/N-ethyl adjacent to an activating group) is 1. The van der Waals surface area contributed by atoms with E-state index in [2.05, 4.69) is 22.5 Å². The molecule has 0 saturated heterocycles. The van der Waals surface area contributed by atoms with Gasteiger partial charge in [0.2, 0.25) is 11.8 Å². The van der Waals surface area contributed by atoms with E-state index in [9.17, 15) is 24.0 Å². The first-order chi connectivity index (χ1) is 21.5. The first kappa shape index (κ1) is 33.9. The molecule has 45 heavy (non-hydrogen) atoms. The molecular weight excluding hydrogens is 615 g/mol. The van der Waals surface area contributed by atoms with Crippen molar-refractivity contribution in [1.82, 2.24) is 10.3 Å². The lowest BCUT2D eigenvalue weighted by molar-refractivity contribution is -0.140. The van der Waals surface area contributed by atoms with E-state index >= 15 is 0 Å². The van der Waals surface area contributed by atoms with E-state index in [0.29, 0.717) is 27.9 Å². The average molecular weight is 654 g/mol. The van der Waals surface area contributed by atoms with Crippen LogP contribution in [0.3, 0.4) is 0 Å². The number of ether oxygens (including phenoxy) is 1. The van der Waals surface area contributed by atoms with Gasteiger partial charge in [-0.05, 0) is 82.7 Å². The summed E-state index contributed by atoms with van der Waals surface area (Å²) in [5.41, 5.74) is 8.84. The molecule has 1 aliphatic carbocycles. The maximum Gasteiger partial charge on any atom is 0.358 e. The number of nitrogens with one attached hydrogen (secondary N) is 2. The molecule has 0 bridgehead atoms. The highest BCUT2D eigenvalue weighted by atomic mass is 32.1. The molecule has 3 amide bonds. The van der Waals surface area contributed by atoms with E-state index < -0.39 is 23.9 Å². The number of carbonyl (C=O) groups excluding carboxylic acids is 5. The molecule has 0 spiro atoms. The molecule has 0 radical (unpaired) electrons. The third kappa shape index (κ3) is 8.62. The van der Waals surface area contributed by atoms with Crippen molar-refractivity contribution < 1.29 is 28.7 Å². The number of primary amides is 1. The van der Waals surface area contributed by atoms with Crippen molar-refractivity contribution in [2.75, 3.05) is 17.3 Å². The van der Waals surface area contributed by atoms with Gasteiger partial charge in [-0.3, -0.25) is 14.4 Å². The second-order valence-corrected chi connectivity index (χ2v) is 13.3. The highest BCUT2D eigenvalue weighted by Gasteiger charge is 2.35. The van der Waals surface area contributed by atoms with E-state index in [4.69, 9.17) is 10.5 Å². The van der Waals surface area contributed by atoms with Gasteiger partial charge in [-0.2, -0.15) is 0 Å². The molecule has 1 aliphatic rings. The third-order valence-corrected chi connectivity index (χ3v) is 9.61. The number of aromatic nitrogens is 1. The second kappa shape index (κ2) is 15.4. The Morgan fingerprint density at radius 2 is 1.78 bits per heavy atom. The Labute approximate surface area is 270 Å². The van der Waals surface area contributed by atoms with E-state index in [0.717, 1.165) is 42.6 Å². The molecule has 1 fully saturated rings. The summed E-state index contributed by atoms with van der Waals surface area (Å²) in [7, 11) is 1.53. The van der Waals surface area contributed by atoms with Crippen LogP contribution in [0.25, 0.3) is 10.4 Å². The van der Waals surface area contributed by atoms with E-state index in [1.807, 2.05) is 13.8 Å². The minimum absolute atomic E-state index is 0.0565. The number of esters is 2. The van der Waals surface area contributed by atoms with Crippen LogP contribution in [-0.4, -0.2) is 53.8 Å². The number of amides is 3. The van der Waals surface area contributed by atoms with Crippen LogP contribution in [0.2, 0.25) is 0 Å². The largest absolute Gasteiger partial charge is 0.388 e. The van der Waals surface area contributed by atoms with E-state index in [1.165, 1.54) is 18.4 Å². The standard InChI is InChI=1S/C32H39N5O6S2/c1-18(2)37(30(40)21-7-5-19(3)6-8-21)25-15-26(20-9-11-22(12-10-20)36-29(39)24-16-44-17-35-24)45-28(25)32(42)43-31(41)23(34-4)13-14-27(33)38/h9-12,15-19,21,23,34H,5-8,13-14H2,1-4H3,(H2,33,38)(H,36,39)/t19?,21?,23-/m1/s1. The smallest absolute Gasteiger partial charge is 0.358 e. The number of benzene rings is 1. The highest BCUT2D eigenvalue weighted by Crippen LogP contribution is 2.40. The Kier molecular flexibility index (Phi) is 11.6. The van der Waals surface area contributed by atoms with Gasteiger partial charge < -0.3 is 26.0 Å². The molecule has 2 heterocycles. The van der Waals surface area contributed by atoms with Crippen molar-refractivity contribution in [3.8, 4) is 10.4 Å². The fourth-order valence-corrected chi connectivity index (χ4v) is 6.88. The summed E-state index contributed by atoms with van der Waals surface area (Å²) < 4.78 is 5.31. The molecule has 4 rings (SSSR count). The average Bonchev–Trinajstić information content (AvgIpc) is 3.69. The normalized spacial score (nSPS) is 17.0. The Bertz CT molecular complexity index is 1510. The van der Waals surface area contributed by atoms with Gasteiger partial charge in [0.15, 0.2) is 0 Å². The molecular formula is C32H39N5O6S2. The molecule has 1 atom stereocenters. The summed E-state index contributed by atoms with van der Waals surface area (Å²) in [6, 6.07) is 7.68. The van der Waals surface area contributed by atoms with Crippen molar-refractivity contribution in [1.29, 1.82) is 0 Å². The summed E-state index contributed by atoms with van der Waals surface area (Å²) in [6.45, 7) is 5.97. The zero-order valence-electron chi connectivity index (χ0n) is 25.8. The Hall–Kier alpha value is -3.94. The second-order valence-electron chi connectivity index (χ2n) is 11.5. The van der Waals surface area contributed by atoms with Gasteiger partial charge in [0.05, 0.1) is 11.2 Å². The monoisotopic (exact) mass is 653 g/mol. The molecule has 0 aliphatic heterocycles.